The van der Waals surface area contributed by atoms with Gasteiger partial charge in [0.25, 0.3) is 0 Å². The minimum absolute atomic E-state index is 0.0223. The monoisotopic (exact) mass is 214 g/mol. The number of aliphatic hydroxyl groups is 1. The van der Waals surface area contributed by atoms with Crippen LogP contribution in [0.5, 0.6) is 0 Å². The van der Waals surface area contributed by atoms with Gasteiger partial charge in [-0.2, -0.15) is 0 Å². The first-order valence-corrected chi connectivity index (χ1v) is 5.82. The van der Waals surface area contributed by atoms with Crippen molar-refractivity contribution in [3.63, 3.8) is 0 Å². The molecule has 0 aromatic rings. The molecule has 0 spiro atoms. The number of aliphatic hydroxyl groups excluding tert-OH is 1. The largest absolute Gasteiger partial charge is 0.392 e. The summed E-state index contributed by atoms with van der Waals surface area (Å²) in [5.41, 5.74) is 0. The molecule has 15 heavy (non-hydrogen) atoms. The van der Waals surface area contributed by atoms with Gasteiger partial charge in [-0.3, -0.25) is 4.79 Å². The summed E-state index contributed by atoms with van der Waals surface area (Å²) < 4.78 is 0. The van der Waals surface area contributed by atoms with E-state index in [-0.39, 0.29) is 11.9 Å². The molecular formula is C11H22N2O2. The number of piperidine rings is 1. The van der Waals surface area contributed by atoms with Crippen molar-refractivity contribution >= 4 is 5.91 Å². The van der Waals surface area contributed by atoms with Gasteiger partial charge in [0, 0.05) is 6.54 Å². The van der Waals surface area contributed by atoms with E-state index in [4.69, 9.17) is 5.11 Å². The van der Waals surface area contributed by atoms with Crippen molar-refractivity contribution in [2.24, 2.45) is 5.92 Å². The molecule has 0 bridgehead atoms. The van der Waals surface area contributed by atoms with Crippen LogP contribution >= 0.6 is 0 Å². The van der Waals surface area contributed by atoms with E-state index in [1.807, 2.05) is 0 Å². The third-order valence-electron chi connectivity index (χ3n) is 2.98. The Bertz CT molecular complexity index is 207. The van der Waals surface area contributed by atoms with Crippen LogP contribution in [0, 0.1) is 5.92 Å². The van der Waals surface area contributed by atoms with Gasteiger partial charge in [0.15, 0.2) is 0 Å². The molecule has 3 N–H and O–H groups in total. The number of amides is 1. The highest BCUT2D eigenvalue weighted by Crippen LogP contribution is 2.19. The maximum Gasteiger partial charge on any atom is 0.237 e. The number of nitrogens with one attached hydrogen (secondary N) is 2. The fourth-order valence-corrected chi connectivity index (χ4v) is 1.94. The molecule has 88 valence electrons. The maximum atomic E-state index is 11.7. The van der Waals surface area contributed by atoms with Gasteiger partial charge in [-0.1, -0.05) is 13.3 Å². The fraction of sp³-hybridized carbons (Fsp3) is 0.909. The average molecular weight is 214 g/mol. The summed E-state index contributed by atoms with van der Waals surface area (Å²) in [5, 5.41) is 15.0. The highest BCUT2D eigenvalue weighted by molar-refractivity contribution is 5.81. The first kappa shape index (κ1) is 12.5. The lowest BCUT2D eigenvalue weighted by Crippen LogP contribution is -2.49. The van der Waals surface area contributed by atoms with Gasteiger partial charge in [-0.05, 0) is 32.2 Å². The van der Waals surface area contributed by atoms with Crippen LogP contribution < -0.4 is 10.6 Å². The molecule has 0 radical (unpaired) electrons. The van der Waals surface area contributed by atoms with Crippen LogP contribution in [0.2, 0.25) is 0 Å². The van der Waals surface area contributed by atoms with E-state index in [9.17, 15) is 4.79 Å². The van der Waals surface area contributed by atoms with Crippen molar-refractivity contribution in [2.75, 3.05) is 13.1 Å². The Kier molecular flexibility index (Phi) is 5.05. The third-order valence-corrected chi connectivity index (χ3v) is 2.98. The predicted molar refractivity (Wildman–Crippen MR) is 59.5 cm³/mol. The lowest BCUT2D eigenvalue weighted by Gasteiger charge is -2.28. The van der Waals surface area contributed by atoms with E-state index in [0.29, 0.717) is 12.5 Å². The number of carbonyl (C=O) groups is 1. The minimum atomic E-state index is -0.473. The number of hydrogen-bond acceptors (Lipinski definition) is 3. The van der Waals surface area contributed by atoms with E-state index in [0.717, 1.165) is 25.8 Å². The van der Waals surface area contributed by atoms with Crippen LogP contribution in [-0.2, 0) is 4.79 Å². The van der Waals surface area contributed by atoms with Crippen molar-refractivity contribution in [2.45, 2.75) is 45.3 Å². The van der Waals surface area contributed by atoms with Crippen molar-refractivity contribution in [1.29, 1.82) is 0 Å². The van der Waals surface area contributed by atoms with Crippen molar-refractivity contribution in [3.8, 4) is 0 Å². The van der Waals surface area contributed by atoms with E-state index >= 15 is 0 Å². The van der Waals surface area contributed by atoms with E-state index in [1.54, 1.807) is 6.92 Å². The Balaban J connectivity index is 2.32. The Morgan fingerprint density at radius 2 is 2.40 bits per heavy atom. The molecule has 1 heterocycles. The van der Waals surface area contributed by atoms with Gasteiger partial charge in [0.1, 0.15) is 0 Å². The van der Waals surface area contributed by atoms with Gasteiger partial charge in [-0.15, -0.1) is 0 Å². The molecule has 0 aromatic heterocycles. The third kappa shape index (κ3) is 4.18. The standard InChI is InChI=1S/C11H22N2O2/c1-3-9-4-5-12-10(6-9)11(15)13-7-8(2)14/h8-10,12,14H,3-7H2,1-2H3,(H,13,15)/t8-,9?,10?/m1/s1. The lowest BCUT2D eigenvalue weighted by atomic mass is 9.90. The first-order chi connectivity index (χ1) is 7.13. The van der Waals surface area contributed by atoms with Crippen LogP contribution in [0.15, 0.2) is 0 Å². The Morgan fingerprint density at radius 3 is 3.00 bits per heavy atom. The van der Waals surface area contributed by atoms with E-state index in [1.165, 1.54) is 0 Å². The maximum absolute atomic E-state index is 11.7. The lowest BCUT2D eigenvalue weighted by molar-refractivity contribution is -0.124. The molecule has 3 atom stereocenters. The van der Waals surface area contributed by atoms with Crippen molar-refractivity contribution in [1.82, 2.24) is 10.6 Å². The topological polar surface area (TPSA) is 61.4 Å². The summed E-state index contributed by atoms with van der Waals surface area (Å²) in [5.74, 6) is 0.683. The zero-order chi connectivity index (χ0) is 11.3. The molecule has 1 rings (SSSR count). The summed E-state index contributed by atoms with van der Waals surface area (Å²) in [6.45, 7) is 5.10. The van der Waals surface area contributed by atoms with Crippen LogP contribution in [-0.4, -0.2) is 36.2 Å². The second-order valence-corrected chi connectivity index (χ2v) is 4.40. The first-order valence-electron chi connectivity index (χ1n) is 5.82. The summed E-state index contributed by atoms with van der Waals surface area (Å²) in [7, 11) is 0. The molecule has 0 aliphatic carbocycles. The average Bonchev–Trinajstić information content (AvgIpc) is 2.26. The second kappa shape index (κ2) is 6.08. The second-order valence-electron chi connectivity index (χ2n) is 4.40. The summed E-state index contributed by atoms with van der Waals surface area (Å²) in [6.07, 6.45) is 2.75. The smallest absolute Gasteiger partial charge is 0.237 e. The molecule has 4 nitrogen and oxygen atoms in total. The summed E-state index contributed by atoms with van der Waals surface area (Å²) in [6, 6.07) is -0.0672. The molecule has 1 saturated heterocycles. The quantitative estimate of drug-likeness (QED) is 0.629. The minimum Gasteiger partial charge on any atom is -0.392 e. The van der Waals surface area contributed by atoms with Gasteiger partial charge in [-0.25, -0.2) is 0 Å². The molecular weight excluding hydrogens is 192 g/mol. The van der Waals surface area contributed by atoms with Crippen molar-refractivity contribution in [3.05, 3.63) is 0 Å². The van der Waals surface area contributed by atoms with Crippen molar-refractivity contribution < 1.29 is 9.90 Å². The molecule has 1 amide bonds. The van der Waals surface area contributed by atoms with Gasteiger partial charge in [0.05, 0.1) is 12.1 Å². The van der Waals surface area contributed by atoms with Crippen LogP contribution in [0.25, 0.3) is 0 Å². The Labute approximate surface area is 91.4 Å². The number of carbonyl (C=O) groups excluding carboxylic acids is 1. The van der Waals surface area contributed by atoms with E-state index < -0.39 is 6.10 Å². The van der Waals surface area contributed by atoms with Gasteiger partial charge >= 0.3 is 0 Å². The van der Waals surface area contributed by atoms with Crippen LogP contribution in [0.4, 0.5) is 0 Å². The van der Waals surface area contributed by atoms with Crippen LogP contribution in [0.3, 0.4) is 0 Å². The molecule has 1 fully saturated rings. The normalized spacial score (nSPS) is 28.5. The summed E-state index contributed by atoms with van der Waals surface area (Å²) >= 11 is 0. The summed E-state index contributed by atoms with van der Waals surface area (Å²) in [4.78, 5) is 11.7. The zero-order valence-corrected chi connectivity index (χ0v) is 9.62. The van der Waals surface area contributed by atoms with E-state index in [2.05, 4.69) is 17.6 Å². The van der Waals surface area contributed by atoms with Gasteiger partial charge in [0.2, 0.25) is 5.91 Å². The highest BCUT2D eigenvalue weighted by Gasteiger charge is 2.25. The molecule has 1 aliphatic rings. The SMILES string of the molecule is CCC1CCNC(C(=O)NC[C@@H](C)O)C1. The zero-order valence-electron chi connectivity index (χ0n) is 9.62. The molecule has 0 aromatic carbocycles. The number of hydrogen-bond donors (Lipinski definition) is 3. The molecule has 0 saturated carbocycles. The highest BCUT2D eigenvalue weighted by atomic mass is 16.3. The predicted octanol–water partition coefficient (Wildman–Crippen LogP) is 0.262. The molecule has 4 heteroatoms. The number of rotatable bonds is 4. The molecule has 2 unspecified atom stereocenters. The van der Waals surface area contributed by atoms with Crippen LogP contribution in [0.1, 0.15) is 33.1 Å². The molecule has 1 aliphatic heterocycles. The van der Waals surface area contributed by atoms with Gasteiger partial charge < -0.3 is 15.7 Å². The Morgan fingerprint density at radius 1 is 1.67 bits per heavy atom. The Hall–Kier alpha value is -0.610. The fourth-order valence-electron chi connectivity index (χ4n) is 1.94.